The topological polar surface area (TPSA) is 119 Å². The predicted octanol–water partition coefficient (Wildman–Crippen LogP) is 1.36. The van der Waals surface area contributed by atoms with E-state index in [4.69, 9.17) is 9.47 Å². The van der Waals surface area contributed by atoms with Crippen LogP contribution in [-0.2, 0) is 36.1 Å². The number of benzene rings is 2. The minimum absolute atomic E-state index is 0.0481. The quantitative estimate of drug-likeness (QED) is 0.581. The SMILES string of the molecule is CCNS(=O)(=O)c1ccc(C(=O)OCc2cccc(S(=O)(=O)N3CCOCC3)c2)cc1. The molecule has 0 atom stereocenters. The second-order valence-electron chi connectivity index (χ2n) is 6.77. The summed E-state index contributed by atoms with van der Waals surface area (Å²) in [6.07, 6.45) is 0. The van der Waals surface area contributed by atoms with Crippen molar-refractivity contribution in [3.63, 3.8) is 0 Å². The molecule has 0 saturated carbocycles. The Morgan fingerprint density at radius 2 is 1.71 bits per heavy atom. The zero-order chi connectivity index (χ0) is 22.5. The monoisotopic (exact) mass is 468 g/mol. The van der Waals surface area contributed by atoms with Gasteiger partial charge in [0.1, 0.15) is 6.61 Å². The molecule has 0 aliphatic carbocycles. The molecule has 3 rings (SSSR count). The number of carbonyl (C=O) groups is 1. The Morgan fingerprint density at radius 3 is 2.35 bits per heavy atom. The molecule has 0 amide bonds. The van der Waals surface area contributed by atoms with Crippen LogP contribution in [0.2, 0.25) is 0 Å². The van der Waals surface area contributed by atoms with Crippen LogP contribution in [-0.4, -0.2) is 60.0 Å². The maximum atomic E-state index is 12.8. The molecule has 0 radical (unpaired) electrons. The van der Waals surface area contributed by atoms with E-state index in [0.29, 0.717) is 31.9 Å². The van der Waals surface area contributed by atoms with E-state index < -0.39 is 26.0 Å². The van der Waals surface area contributed by atoms with Gasteiger partial charge in [0, 0.05) is 19.6 Å². The first-order chi connectivity index (χ1) is 14.7. The molecule has 1 fully saturated rings. The molecule has 1 aliphatic heterocycles. The van der Waals surface area contributed by atoms with Gasteiger partial charge >= 0.3 is 5.97 Å². The van der Waals surface area contributed by atoms with E-state index >= 15 is 0 Å². The summed E-state index contributed by atoms with van der Waals surface area (Å²) in [5.41, 5.74) is 0.710. The molecule has 0 bridgehead atoms. The first kappa shape index (κ1) is 23.4. The highest BCUT2D eigenvalue weighted by Gasteiger charge is 2.26. The van der Waals surface area contributed by atoms with Crippen molar-refractivity contribution in [2.24, 2.45) is 0 Å². The molecule has 0 unspecified atom stereocenters. The predicted molar refractivity (Wildman–Crippen MR) is 112 cm³/mol. The van der Waals surface area contributed by atoms with Crippen LogP contribution in [0.25, 0.3) is 0 Å². The van der Waals surface area contributed by atoms with Gasteiger partial charge in [-0.3, -0.25) is 0 Å². The van der Waals surface area contributed by atoms with Crippen LogP contribution in [0.1, 0.15) is 22.8 Å². The van der Waals surface area contributed by atoms with Crippen molar-refractivity contribution in [3.05, 3.63) is 59.7 Å². The largest absolute Gasteiger partial charge is 0.457 e. The molecule has 1 heterocycles. The lowest BCUT2D eigenvalue weighted by Crippen LogP contribution is -2.40. The highest BCUT2D eigenvalue weighted by atomic mass is 32.2. The van der Waals surface area contributed by atoms with Crippen molar-refractivity contribution in [3.8, 4) is 0 Å². The zero-order valence-electron chi connectivity index (χ0n) is 17.0. The van der Waals surface area contributed by atoms with Crippen molar-refractivity contribution in [2.75, 3.05) is 32.8 Å². The van der Waals surface area contributed by atoms with Crippen molar-refractivity contribution in [2.45, 2.75) is 23.3 Å². The number of nitrogens with one attached hydrogen (secondary N) is 1. The molecule has 0 aromatic heterocycles. The maximum Gasteiger partial charge on any atom is 0.338 e. The molecule has 168 valence electrons. The summed E-state index contributed by atoms with van der Waals surface area (Å²) in [6, 6.07) is 11.6. The third-order valence-corrected chi connectivity index (χ3v) is 8.07. The summed E-state index contributed by atoms with van der Waals surface area (Å²) in [5, 5.41) is 0. The molecular weight excluding hydrogens is 444 g/mol. The van der Waals surface area contributed by atoms with Crippen molar-refractivity contribution in [1.29, 1.82) is 0 Å². The van der Waals surface area contributed by atoms with Crippen LogP contribution in [0, 0.1) is 0 Å². The Kier molecular flexibility index (Phi) is 7.44. The second-order valence-corrected chi connectivity index (χ2v) is 10.5. The molecule has 31 heavy (non-hydrogen) atoms. The van der Waals surface area contributed by atoms with E-state index in [1.807, 2.05) is 0 Å². The van der Waals surface area contributed by atoms with Gasteiger partial charge in [0.25, 0.3) is 0 Å². The summed E-state index contributed by atoms with van der Waals surface area (Å²) >= 11 is 0. The minimum Gasteiger partial charge on any atom is -0.457 e. The lowest BCUT2D eigenvalue weighted by molar-refractivity contribution is 0.0472. The molecule has 11 heteroatoms. The number of sulfonamides is 2. The molecule has 1 saturated heterocycles. The van der Waals surface area contributed by atoms with Crippen molar-refractivity contribution in [1.82, 2.24) is 9.03 Å². The van der Waals surface area contributed by atoms with Crippen molar-refractivity contribution >= 4 is 26.0 Å². The van der Waals surface area contributed by atoms with Gasteiger partial charge in [-0.2, -0.15) is 4.31 Å². The Hall–Kier alpha value is -2.31. The third kappa shape index (κ3) is 5.69. The first-order valence-electron chi connectivity index (χ1n) is 9.68. The zero-order valence-corrected chi connectivity index (χ0v) is 18.6. The van der Waals surface area contributed by atoms with Crippen LogP contribution < -0.4 is 4.72 Å². The summed E-state index contributed by atoms with van der Waals surface area (Å²) < 4.78 is 63.7. The van der Waals surface area contributed by atoms with Gasteiger partial charge in [0.2, 0.25) is 20.0 Å². The Bertz CT molecular complexity index is 1120. The number of carbonyl (C=O) groups excluding carboxylic acids is 1. The van der Waals surface area contributed by atoms with E-state index in [1.165, 1.54) is 40.7 Å². The van der Waals surface area contributed by atoms with Gasteiger partial charge in [-0.05, 0) is 42.0 Å². The van der Waals surface area contributed by atoms with E-state index in [0.717, 1.165) is 0 Å². The van der Waals surface area contributed by atoms with Gasteiger partial charge in [-0.15, -0.1) is 0 Å². The Morgan fingerprint density at radius 1 is 1.03 bits per heavy atom. The fourth-order valence-corrected chi connectivity index (χ4v) is 5.53. The van der Waals surface area contributed by atoms with E-state index in [2.05, 4.69) is 4.72 Å². The van der Waals surface area contributed by atoms with Crippen LogP contribution in [0.3, 0.4) is 0 Å². The standard InChI is InChI=1S/C20H24N2O7S2/c1-2-21-30(24,25)18-8-6-17(7-9-18)20(23)29-15-16-4-3-5-19(14-16)31(26,27)22-10-12-28-13-11-22/h3-9,14,21H,2,10-13,15H2,1H3. The maximum absolute atomic E-state index is 12.8. The lowest BCUT2D eigenvalue weighted by atomic mass is 10.2. The lowest BCUT2D eigenvalue weighted by Gasteiger charge is -2.26. The summed E-state index contributed by atoms with van der Waals surface area (Å²) in [5.74, 6) is -0.645. The fourth-order valence-electron chi connectivity index (χ4n) is 3.01. The number of rotatable bonds is 8. The number of hydrogen-bond donors (Lipinski definition) is 1. The van der Waals surface area contributed by atoms with E-state index in [-0.39, 0.29) is 28.5 Å². The number of ether oxygens (including phenoxy) is 2. The molecule has 9 nitrogen and oxygen atoms in total. The van der Waals surface area contributed by atoms with Crippen LogP contribution in [0.4, 0.5) is 0 Å². The van der Waals surface area contributed by atoms with Gasteiger partial charge in [0.05, 0.1) is 28.6 Å². The van der Waals surface area contributed by atoms with Gasteiger partial charge in [0.15, 0.2) is 0 Å². The molecule has 2 aromatic carbocycles. The van der Waals surface area contributed by atoms with Crippen LogP contribution in [0.15, 0.2) is 58.3 Å². The molecule has 2 aromatic rings. The number of hydrogen-bond acceptors (Lipinski definition) is 7. The number of esters is 1. The summed E-state index contributed by atoms with van der Waals surface area (Å²) in [6.45, 7) is 3.10. The average Bonchev–Trinajstić information content (AvgIpc) is 2.78. The minimum atomic E-state index is -3.65. The normalized spacial score (nSPS) is 15.5. The highest BCUT2D eigenvalue weighted by Crippen LogP contribution is 2.19. The molecule has 1 aliphatic rings. The van der Waals surface area contributed by atoms with Crippen LogP contribution >= 0.6 is 0 Å². The van der Waals surface area contributed by atoms with Gasteiger partial charge < -0.3 is 9.47 Å². The van der Waals surface area contributed by atoms with Crippen LogP contribution in [0.5, 0.6) is 0 Å². The summed E-state index contributed by atoms with van der Waals surface area (Å²) in [7, 11) is -7.26. The molecular formula is C20H24N2O7S2. The van der Waals surface area contributed by atoms with Gasteiger partial charge in [-0.25, -0.2) is 26.4 Å². The van der Waals surface area contributed by atoms with E-state index in [9.17, 15) is 21.6 Å². The average molecular weight is 469 g/mol. The molecule has 0 spiro atoms. The smallest absolute Gasteiger partial charge is 0.338 e. The fraction of sp³-hybridized carbons (Fsp3) is 0.350. The van der Waals surface area contributed by atoms with Crippen molar-refractivity contribution < 1.29 is 31.1 Å². The first-order valence-corrected chi connectivity index (χ1v) is 12.6. The molecule has 1 N–H and O–H groups in total. The summed E-state index contributed by atoms with van der Waals surface area (Å²) in [4.78, 5) is 12.5. The van der Waals surface area contributed by atoms with Gasteiger partial charge in [-0.1, -0.05) is 19.1 Å². The van der Waals surface area contributed by atoms with E-state index in [1.54, 1.807) is 19.1 Å². The third-order valence-electron chi connectivity index (χ3n) is 4.61. The highest BCUT2D eigenvalue weighted by molar-refractivity contribution is 7.89. The second kappa shape index (κ2) is 9.88. The Labute approximate surface area is 182 Å². The number of nitrogens with zero attached hydrogens (tertiary/aromatic N) is 1. The number of morpholine rings is 1. The Balaban J connectivity index is 1.66.